The number of aliphatic hydroxyl groups excluding tert-OH is 1. The number of sulfonamides is 1. The van der Waals surface area contributed by atoms with E-state index in [-0.39, 0.29) is 28.9 Å². The summed E-state index contributed by atoms with van der Waals surface area (Å²) in [5, 5.41) is 22.3. The van der Waals surface area contributed by atoms with E-state index in [0.29, 0.717) is 16.5 Å². The van der Waals surface area contributed by atoms with Gasteiger partial charge in [0.05, 0.1) is 23.4 Å². The van der Waals surface area contributed by atoms with Gasteiger partial charge in [0.2, 0.25) is 4.34 Å². The smallest absolute Gasteiger partial charge is 0.289 e. The van der Waals surface area contributed by atoms with Gasteiger partial charge in [0.15, 0.2) is 0 Å². The molecule has 3 aromatic rings. The van der Waals surface area contributed by atoms with Crippen LogP contribution in [0.2, 0.25) is 0 Å². The number of carbonyl (C=O) groups excluding carboxylic acids is 1. The number of aromatic nitrogens is 2. The van der Waals surface area contributed by atoms with Gasteiger partial charge in [-0.05, 0) is 18.6 Å². The van der Waals surface area contributed by atoms with Crippen molar-refractivity contribution in [2.45, 2.75) is 11.3 Å². The number of nitrogens with zero attached hydrogens (tertiary/aromatic N) is 2. The first-order valence-electron chi connectivity index (χ1n) is 7.75. The molecular weight excluding hydrogens is 390 g/mol. The van der Waals surface area contributed by atoms with E-state index >= 15 is 0 Å². The van der Waals surface area contributed by atoms with Gasteiger partial charge >= 0.3 is 0 Å². The maximum Gasteiger partial charge on any atom is 0.289 e. The number of thiazole rings is 1. The van der Waals surface area contributed by atoms with Crippen molar-refractivity contribution in [1.29, 1.82) is 5.26 Å². The minimum absolute atomic E-state index is 0.0467. The van der Waals surface area contributed by atoms with E-state index in [9.17, 15) is 18.5 Å². The van der Waals surface area contributed by atoms with Gasteiger partial charge in [-0.1, -0.05) is 6.07 Å². The predicted octanol–water partition coefficient (Wildman–Crippen LogP) is 1.33. The van der Waals surface area contributed by atoms with Crippen LogP contribution < -0.4 is 10.0 Å². The van der Waals surface area contributed by atoms with Crippen LogP contribution in [-0.4, -0.2) is 42.6 Å². The van der Waals surface area contributed by atoms with E-state index in [0.717, 1.165) is 16.9 Å². The number of aryl methyl sites for hydroxylation is 1. The Balaban J connectivity index is 1.92. The number of amides is 1. The lowest BCUT2D eigenvalue weighted by Gasteiger charge is -2.08. The van der Waals surface area contributed by atoms with Crippen LogP contribution >= 0.6 is 11.3 Å². The van der Waals surface area contributed by atoms with Gasteiger partial charge in [-0.15, -0.1) is 11.3 Å². The minimum atomic E-state index is -4.02. The van der Waals surface area contributed by atoms with Gasteiger partial charge in [-0.3, -0.25) is 9.52 Å². The molecule has 0 saturated heterocycles. The van der Waals surface area contributed by atoms with Crippen molar-refractivity contribution in [3.05, 3.63) is 40.5 Å². The monoisotopic (exact) mass is 405 g/mol. The Bertz CT molecular complexity index is 1160. The summed E-state index contributed by atoms with van der Waals surface area (Å²) in [7, 11) is -4.02. The van der Waals surface area contributed by atoms with Gasteiger partial charge in [0.1, 0.15) is 11.8 Å². The van der Waals surface area contributed by atoms with Crippen molar-refractivity contribution in [3.8, 4) is 6.07 Å². The molecule has 0 fully saturated rings. The predicted molar refractivity (Wildman–Crippen MR) is 100 cm³/mol. The number of nitrogens with one attached hydrogen (secondary N) is 3. The highest BCUT2D eigenvalue weighted by molar-refractivity contribution is 7.94. The number of hydrogen-bond donors (Lipinski definition) is 4. The Kier molecular flexibility index (Phi) is 5.13. The summed E-state index contributed by atoms with van der Waals surface area (Å²) in [5.41, 5.74) is 1.98. The number of fused-ring (bicyclic) bond motifs is 1. The quantitative estimate of drug-likeness (QED) is 0.486. The van der Waals surface area contributed by atoms with Gasteiger partial charge in [-0.2, -0.15) is 13.7 Å². The fourth-order valence-corrected chi connectivity index (χ4v) is 4.59. The molecule has 0 spiro atoms. The van der Waals surface area contributed by atoms with Crippen LogP contribution in [0.5, 0.6) is 0 Å². The normalized spacial score (nSPS) is 11.3. The summed E-state index contributed by atoms with van der Waals surface area (Å²) in [6.07, 6.45) is 1.52. The lowest BCUT2D eigenvalue weighted by atomic mass is 10.1. The summed E-state index contributed by atoms with van der Waals surface area (Å²) in [5.74, 6) is -0.567. The topological polar surface area (TPSA) is 148 Å². The molecule has 4 N–H and O–H groups in total. The first-order chi connectivity index (χ1) is 12.9. The lowest BCUT2D eigenvalue weighted by molar-refractivity contribution is 0.0940. The second kappa shape index (κ2) is 7.36. The number of H-pyrrole nitrogens is 1. The molecule has 0 bridgehead atoms. The number of aromatic amines is 1. The van der Waals surface area contributed by atoms with Crippen molar-refractivity contribution < 1.29 is 18.3 Å². The second-order valence-corrected chi connectivity index (χ2v) is 8.29. The molecule has 1 amide bonds. The van der Waals surface area contributed by atoms with E-state index in [2.05, 4.69) is 26.1 Å². The molecule has 3 rings (SSSR count). The summed E-state index contributed by atoms with van der Waals surface area (Å²) in [4.78, 5) is 18.6. The molecule has 0 aliphatic carbocycles. The van der Waals surface area contributed by atoms with E-state index in [4.69, 9.17) is 5.11 Å². The lowest BCUT2D eigenvalue weighted by Crippen LogP contribution is -2.26. The van der Waals surface area contributed by atoms with Crippen LogP contribution in [0.4, 0.5) is 5.69 Å². The molecule has 0 aliphatic heterocycles. The molecular formula is C16H15N5O4S2. The first kappa shape index (κ1) is 18.8. The van der Waals surface area contributed by atoms with E-state index < -0.39 is 15.9 Å². The third-order valence-corrected chi connectivity index (χ3v) is 6.37. The summed E-state index contributed by atoms with van der Waals surface area (Å²) < 4.78 is 27.5. The van der Waals surface area contributed by atoms with Crippen molar-refractivity contribution in [1.82, 2.24) is 15.3 Å². The van der Waals surface area contributed by atoms with Gasteiger partial charge < -0.3 is 15.4 Å². The molecule has 0 unspecified atom stereocenters. The van der Waals surface area contributed by atoms with Crippen LogP contribution in [0, 0.1) is 18.3 Å². The molecule has 0 radical (unpaired) electrons. The fraction of sp³-hybridized carbons (Fsp3) is 0.188. The molecule has 0 atom stereocenters. The van der Waals surface area contributed by atoms with Crippen LogP contribution in [0.25, 0.3) is 10.9 Å². The first-order valence-corrected chi connectivity index (χ1v) is 10.1. The molecule has 2 aromatic heterocycles. The highest BCUT2D eigenvalue weighted by Gasteiger charge is 2.23. The summed E-state index contributed by atoms with van der Waals surface area (Å²) in [6.45, 7) is 1.65. The molecule has 11 heteroatoms. The van der Waals surface area contributed by atoms with E-state index in [1.807, 2.05) is 6.92 Å². The molecule has 1 aromatic carbocycles. The van der Waals surface area contributed by atoms with Crippen molar-refractivity contribution in [3.63, 3.8) is 0 Å². The number of nitriles is 1. The highest BCUT2D eigenvalue weighted by Crippen LogP contribution is 2.30. The van der Waals surface area contributed by atoms with Crippen LogP contribution in [0.15, 0.2) is 28.0 Å². The van der Waals surface area contributed by atoms with E-state index in [1.54, 1.807) is 12.1 Å². The number of anilines is 1. The average molecular weight is 405 g/mol. The van der Waals surface area contributed by atoms with Crippen LogP contribution in [0.1, 0.15) is 21.6 Å². The SMILES string of the molecule is Cc1ccc(NS(=O)(=O)c2nc(C(=O)NCCO)cs2)c2[nH]cc(C#N)c12. The molecule has 140 valence electrons. The Labute approximate surface area is 158 Å². The van der Waals surface area contributed by atoms with Crippen LogP contribution in [-0.2, 0) is 10.0 Å². The third kappa shape index (κ3) is 3.63. The number of rotatable bonds is 6. The molecule has 9 nitrogen and oxygen atoms in total. The molecule has 0 saturated carbocycles. The zero-order valence-electron chi connectivity index (χ0n) is 14.1. The molecule has 2 heterocycles. The average Bonchev–Trinajstić information content (AvgIpc) is 3.30. The fourth-order valence-electron chi connectivity index (χ4n) is 2.53. The summed E-state index contributed by atoms with van der Waals surface area (Å²) in [6, 6.07) is 5.37. The standard InChI is InChI=1S/C16H15N5O4S2/c1-9-2-3-11(14-13(9)10(6-17)7-19-14)21-27(24,25)16-20-12(8-26-16)15(23)18-4-5-22/h2-3,7-8,19,21-22H,4-5H2,1H3,(H,18,23). The Morgan fingerprint density at radius 3 is 2.93 bits per heavy atom. The Hall–Kier alpha value is -2.94. The second-order valence-electron chi connectivity index (χ2n) is 5.58. The van der Waals surface area contributed by atoms with Gasteiger partial charge in [0, 0.05) is 23.5 Å². The van der Waals surface area contributed by atoms with E-state index in [1.165, 1.54) is 11.6 Å². The molecule has 0 aliphatic rings. The summed E-state index contributed by atoms with van der Waals surface area (Å²) >= 11 is 0.808. The zero-order chi connectivity index (χ0) is 19.6. The zero-order valence-corrected chi connectivity index (χ0v) is 15.7. The Morgan fingerprint density at radius 2 is 2.22 bits per heavy atom. The number of hydrogen-bond acceptors (Lipinski definition) is 7. The number of benzene rings is 1. The molecule has 27 heavy (non-hydrogen) atoms. The van der Waals surface area contributed by atoms with Crippen LogP contribution in [0.3, 0.4) is 0 Å². The Morgan fingerprint density at radius 1 is 1.44 bits per heavy atom. The number of aliphatic hydroxyl groups is 1. The van der Waals surface area contributed by atoms with Gasteiger partial charge in [0.25, 0.3) is 15.9 Å². The third-order valence-electron chi connectivity index (χ3n) is 3.75. The van der Waals surface area contributed by atoms with Gasteiger partial charge in [-0.25, -0.2) is 4.98 Å². The minimum Gasteiger partial charge on any atom is -0.395 e. The largest absolute Gasteiger partial charge is 0.395 e. The highest BCUT2D eigenvalue weighted by atomic mass is 32.2. The van der Waals surface area contributed by atoms with Crippen molar-refractivity contribution in [2.75, 3.05) is 17.9 Å². The number of carbonyl (C=O) groups is 1. The van der Waals surface area contributed by atoms with Crippen molar-refractivity contribution >= 4 is 43.9 Å². The maximum absolute atomic E-state index is 12.6. The van der Waals surface area contributed by atoms with Crippen molar-refractivity contribution in [2.24, 2.45) is 0 Å². The maximum atomic E-state index is 12.6.